The third kappa shape index (κ3) is 75.6. The zero-order valence-electron chi connectivity index (χ0n) is 17.9. The SMILES string of the molecule is CCCCCCCCCCCCS(=O)(=O)[O-].CCO.CCO.CCO.[NH4+]. The van der Waals surface area contributed by atoms with Crippen molar-refractivity contribution in [3.05, 3.63) is 0 Å². The Bertz CT molecular complexity index is 283. The van der Waals surface area contributed by atoms with Gasteiger partial charge in [0.15, 0.2) is 0 Å². The Kier molecular flexibility index (Phi) is 50.4. The molecule has 0 saturated heterocycles. The van der Waals surface area contributed by atoms with E-state index in [4.69, 9.17) is 15.3 Å². The van der Waals surface area contributed by atoms with E-state index < -0.39 is 10.1 Å². The minimum Gasteiger partial charge on any atom is -0.748 e. The molecule has 0 spiro atoms. The molecule has 8 heteroatoms. The summed E-state index contributed by atoms with van der Waals surface area (Å²) in [5, 5.41) is 22.7. The summed E-state index contributed by atoms with van der Waals surface area (Å²) >= 11 is 0. The lowest BCUT2D eigenvalue weighted by Gasteiger charge is -2.05. The molecule has 0 amide bonds. The second kappa shape index (κ2) is 35.8. The number of unbranched alkanes of at least 4 members (excludes halogenated alkanes) is 9. The van der Waals surface area contributed by atoms with Gasteiger partial charge in [0.2, 0.25) is 0 Å². The Hall–Kier alpha value is -0.250. The van der Waals surface area contributed by atoms with E-state index in [-0.39, 0.29) is 31.7 Å². The second-order valence-corrected chi connectivity index (χ2v) is 6.92. The number of rotatable bonds is 11. The molecule has 0 aliphatic heterocycles. The number of aliphatic hydroxyl groups excluding tert-OH is 3. The van der Waals surface area contributed by atoms with Gasteiger partial charge in [-0.1, -0.05) is 64.7 Å². The van der Waals surface area contributed by atoms with E-state index in [0.717, 1.165) is 12.8 Å². The highest BCUT2D eigenvalue weighted by Crippen LogP contribution is 2.10. The average molecular weight is 406 g/mol. The first-order valence-electron chi connectivity index (χ1n) is 9.57. The molecule has 0 aliphatic carbocycles. The minimum atomic E-state index is -3.98. The van der Waals surface area contributed by atoms with Crippen LogP contribution in [0.5, 0.6) is 0 Å². The van der Waals surface area contributed by atoms with Crippen LogP contribution in [0.3, 0.4) is 0 Å². The molecule has 0 aromatic heterocycles. The van der Waals surface area contributed by atoms with Crippen LogP contribution in [0.1, 0.15) is 91.9 Å². The monoisotopic (exact) mass is 405 g/mol. The van der Waals surface area contributed by atoms with Gasteiger partial charge in [-0.25, -0.2) is 8.42 Å². The minimum absolute atomic E-state index is 0. The van der Waals surface area contributed by atoms with E-state index in [1.165, 1.54) is 44.9 Å². The predicted molar refractivity (Wildman–Crippen MR) is 111 cm³/mol. The van der Waals surface area contributed by atoms with Gasteiger partial charge in [-0.15, -0.1) is 0 Å². The van der Waals surface area contributed by atoms with Crippen LogP contribution < -0.4 is 6.15 Å². The molecule has 0 fully saturated rings. The molecule has 0 saturated carbocycles. The fourth-order valence-corrected chi connectivity index (χ4v) is 2.32. The van der Waals surface area contributed by atoms with Crippen molar-refractivity contribution >= 4 is 10.1 Å². The lowest BCUT2D eigenvalue weighted by molar-refractivity contribution is 0.318. The Balaban J connectivity index is -0.000000123. The van der Waals surface area contributed by atoms with Crippen LogP contribution in [0.4, 0.5) is 0 Å². The topological polar surface area (TPSA) is 154 Å². The Morgan fingerprint density at radius 3 is 1.08 bits per heavy atom. The zero-order chi connectivity index (χ0) is 20.4. The summed E-state index contributed by atoms with van der Waals surface area (Å²) in [6.45, 7) is 8.00. The standard InChI is InChI=1S/C12H26O3S.3C2H6O.H3N/c1-2-3-4-5-6-7-8-9-10-11-12-16(13,14)15;3*1-2-3;/h2-12H2,1H3,(H,13,14,15);3*3H,2H2,1H3;1H3. The van der Waals surface area contributed by atoms with Crippen molar-refractivity contribution in [2.75, 3.05) is 25.6 Å². The third-order valence-corrected chi connectivity index (χ3v) is 3.54. The van der Waals surface area contributed by atoms with E-state index in [1.54, 1.807) is 20.8 Å². The first kappa shape index (κ1) is 36.6. The van der Waals surface area contributed by atoms with Crippen molar-refractivity contribution in [2.45, 2.75) is 91.9 Å². The van der Waals surface area contributed by atoms with Gasteiger partial charge < -0.3 is 26.0 Å². The van der Waals surface area contributed by atoms with Gasteiger partial charge in [0.1, 0.15) is 0 Å². The van der Waals surface area contributed by atoms with Gasteiger partial charge in [-0.05, 0) is 27.2 Å². The molecule has 0 unspecified atom stereocenters. The van der Waals surface area contributed by atoms with Gasteiger partial charge in [0.05, 0.1) is 10.1 Å². The van der Waals surface area contributed by atoms with Crippen LogP contribution in [-0.4, -0.2) is 53.9 Å². The molecule has 0 atom stereocenters. The van der Waals surface area contributed by atoms with Crippen molar-refractivity contribution in [2.24, 2.45) is 0 Å². The molecule has 26 heavy (non-hydrogen) atoms. The van der Waals surface area contributed by atoms with Crippen LogP contribution in [0, 0.1) is 0 Å². The number of quaternary nitrogens is 1. The van der Waals surface area contributed by atoms with Crippen molar-refractivity contribution in [3.63, 3.8) is 0 Å². The molecular formula is C18H47NO6S. The fourth-order valence-electron chi connectivity index (χ4n) is 1.77. The maximum absolute atomic E-state index is 10.3. The maximum Gasteiger partial charge on any atom is 0.0945 e. The summed E-state index contributed by atoms with van der Waals surface area (Å²) < 4.78 is 30.9. The molecule has 0 rings (SSSR count). The van der Waals surface area contributed by atoms with E-state index in [1.807, 2.05) is 0 Å². The fraction of sp³-hybridized carbons (Fsp3) is 1.00. The summed E-state index contributed by atoms with van der Waals surface area (Å²) in [7, 11) is -3.98. The summed E-state index contributed by atoms with van der Waals surface area (Å²) in [5.41, 5.74) is 0. The van der Waals surface area contributed by atoms with Gasteiger partial charge in [-0.2, -0.15) is 0 Å². The summed E-state index contributed by atoms with van der Waals surface area (Å²) in [6.07, 6.45) is 11.4. The number of aliphatic hydroxyl groups is 3. The highest BCUT2D eigenvalue weighted by Gasteiger charge is 1.96. The molecule has 0 aromatic rings. The predicted octanol–water partition coefficient (Wildman–Crippen LogP) is 3.82. The molecule has 0 radical (unpaired) electrons. The van der Waals surface area contributed by atoms with Crippen LogP contribution in [0.2, 0.25) is 0 Å². The van der Waals surface area contributed by atoms with Gasteiger partial charge in [-0.3, -0.25) is 0 Å². The lowest BCUT2D eigenvalue weighted by Crippen LogP contribution is -2.03. The number of hydrogen-bond acceptors (Lipinski definition) is 6. The van der Waals surface area contributed by atoms with Crippen LogP contribution in [0.25, 0.3) is 0 Å². The van der Waals surface area contributed by atoms with E-state index in [9.17, 15) is 13.0 Å². The Morgan fingerprint density at radius 2 is 0.846 bits per heavy atom. The second-order valence-electron chi connectivity index (χ2n) is 5.39. The maximum atomic E-state index is 10.3. The van der Waals surface area contributed by atoms with E-state index in [0.29, 0.717) is 6.42 Å². The smallest absolute Gasteiger partial charge is 0.0945 e. The van der Waals surface area contributed by atoms with Crippen molar-refractivity contribution in [3.8, 4) is 0 Å². The molecule has 7 N–H and O–H groups in total. The van der Waals surface area contributed by atoms with Gasteiger partial charge in [0, 0.05) is 25.6 Å². The summed E-state index contributed by atoms with van der Waals surface area (Å²) in [4.78, 5) is 0. The lowest BCUT2D eigenvalue weighted by atomic mass is 10.1. The van der Waals surface area contributed by atoms with E-state index in [2.05, 4.69) is 6.92 Å². The van der Waals surface area contributed by atoms with Crippen LogP contribution >= 0.6 is 0 Å². The zero-order valence-corrected chi connectivity index (χ0v) is 18.7. The quantitative estimate of drug-likeness (QED) is 0.302. The molecule has 0 heterocycles. The van der Waals surface area contributed by atoms with Crippen molar-refractivity contribution in [1.82, 2.24) is 6.15 Å². The summed E-state index contributed by atoms with van der Waals surface area (Å²) in [5.74, 6) is -0.191. The highest BCUT2D eigenvalue weighted by molar-refractivity contribution is 7.85. The molecule has 7 nitrogen and oxygen atoms in total. The molecule has 0 bridgehead atoms. The molecule has 0 aromatic carbocycles. The first-order valence-corrected chi connectivity index (χ1v) is 11.1. The Labute approximate surface area is 162 Å². The van der Waals surface area contributed by atoms with Crippen LogP contribution in [-0.2, 0) is 10.1 Å². The van der Waals surface area contributed by atoms with Crippen molar-refractivity contribution < 1.29 is 28.3 Å². The first-order chi connectivity index (χ1) is 11.8. The average Bonchev–Trinajstić information content (AvgIpc) is 2.50. The van der Waals surface area contributed by atoms with Gasteiger partial charge in [0.25, 0.3) is 0 Å². The molecule has 166 valence electrons. The summed E-state index contributed by atoms with van der Waals surface area (Å²) in [6, 6.07) is 0. The van der Waals surface area contributed by atoms with Crippen LogP contribution in [0.15, 0.2) is 0 Å². The van der Waals surface area contributed by atoms with Gasteiger partial charge >= 0.3 is 0 Å². The normalized spacial score (nSPS) is 9.38. The van der Waals surface area contributed by atoms with E-state index >= 15 is 0 Å². The third-order valence-electron chi connectivity index (χ3n) is 2.75. The highest BCUT2D eigenvalue weighted by atomic mass is 32.2. The Morgan fingerprint density at radius 1 is 0.615 bits per heavy atom. The largest absolute Gasteiger partial charge is 0.748 e. The number of hydrogen-bond donors (Lipinski definition) is 4. The van der Waals surface area contributed by atoms with Crippen molar-refractivity contribution in [1.29, 1.82) is 0 Å². The molecular weight excluding hydrogens is 358 g/mol. The molecule has 0 aliphatic rings.